The molecule has 0 aromatic carbocycles. The standard InChI is InChI=1S/C13H18N4O2/c1-10(18)17-6-7-19-9-11-12(17)8-14-13(15-11)16-4-2-3-5-16/h8H,2-7,9H2,1H3. The number of anilines is 2. The van der Waals surface area contributed by atoms with Crippen LogP contribution >= 0.6 is 0 Å². The number of carbonyl (C=O) groups is 1. The molecule has 1 amide bonds. The lowest BCUT2D eigenvalue weighted by Crippen LogP contribution is -2.31. The van der Waals surface area contributed by atoms with E-state index in [4.69, 9.17) is 4.74 Å². The molecule has 0 aliphatic carbocycles. The van der Waals surface area contributed by atoms with Gasteiger partial charge in [-0.05, 0) is 12.8 Å². The van der Waals surface area contributed by atoms with Crippen molar-refractivity contribution in [2.45, 2.75) is 26.4 Å². The third kappa shape index (κ3) is 2.40. The minimum atomic E-state index is 0.00396. The summed E-state index contributed by atoms with van der Waals surface area (Å²) >= 11 is 0. The van der Waals surface area contributed by atoms with E-state index in [0.29, 0.717) is 19.8 Å². The molecule has 0 atom stereocenters. The molecule has 6 heteroatoms. The topological polar surface area (TPSA) is 58.6 Å². The van der Waals surface area contributed by atoms with Crippen molar-refractivity contribution in [2.24, 2.45) is 0 Å². The maximum absolute atomic E-state index is 11.7. The van der Waals surface area contributed by atoms with E-state index in [1.165, 1.54) is 12.8 Å². The first kappa shape index (κ1) is 12.3. The molecule has 0 unspecified atom stereocenters. The normalized spacial score (nSPS) is 19.2. The molecule has 2 aliphatic rings. The number of carbonyl (C=O) groups excluding carboxylic acids is 1. The second kappa shape index (κ2) is 5.13. The van der Waals surface area contributed by atoms with Crippen molar-refractivity contribution in [1.29, 1.82) is 0 Å². The highest BCUT2D eigenvalue weighted by atomic mass is 16.5. The smallest absolute Gasteiger partial charge is 0.225 e. The first-order valence-corrected chi connectivity index (χ1v) is 6.72. The van der Waals surface area contributed by atoms with Gasteiger partial charge in [0, 0.05) is 26.6 Å². The Hall–Kier alpha value is -1.69. The fraction of sp³-hybridized carbons (Fsp3) is 0.615. The number of nitrogens with zero attached hydrogens (tertiary/aromatic N) is 4. The Labute approximate surface area is 112 Å². The minimum Gasteiger partial charge on any atom is -0.373 e. The second-order valence-corrected chi connectivity index (χ2v) is 4.92. The van der Waals surface area contributed by atoms with Gasteiger partial charge in [-0.2, -0.15) is 0 Å². The van der Waals surface area contributed by atoms with Gasteiger partial charge in [-0.3, -0.25) is 4.79 Å². The van der Waals surface area contributed by atoms with Crippen molar-refractivity contribution in [1.82, 2.24) is 9.97 Å². The van der Waals surface area contributed by atoms with Gasteiger partial charge in [-0.15, -0.1) is 0 Å². The van der Waals surface area contributed by atoms with Gasteiger partial charge in [-0.1, -0.05) is 0 Å². The van der Waals surface area contributed by atoms with Crippen molar-refractivity contribution in [3.05, 3.63) is 11.9 Å². The molecular formula is C13H18N4O2. The van der Waals surface area contributed by atoms with E-state index in [1.54, 1.807) is 18.0 Å². The quantitative estimate of drug-likeness (QED) is 0.754. The van der Waals surface area contributed by atoms with E-state index >= 15 is 0 Å². The van der Waals surface area contributed by atoms with Crippen molar-refractivity contribution >= 4 is 17.5 Å². The zero-order valence-corrected chi connectivity index (χ0v) is 11.1. The Bertz CT molecular complexity index is 486. The molecule has 102 valence electrons. The molecular weight excluding hydrogens is 244 g/mol. The van der Waals surface area contributed by atoms with Gasteiger partial charge < -0.3 is 14.5 Å². The van der Waals surface area contributed by atoms with Gasteiger partial charge in [0.15, 0.2) is 0 Å². The van der Waals surface area contributed by atoms with Crippen LogP contribution in [0.5, 0.6) is 0 Å². The van der Waals surface area contributed by atoms with Crippen molar-refractivity contribution in [3.8, 4) is 0 Å². The van der Waals surface area contributed by atoms with Crippen molar-refractivity contribution in [2.75, 3.05) is 36.0 Å². The van der Waals surface area contributed by atoms with Gasteiger partial charge in [0.2, 0.25) is 11.9 Å². The monoisotopic (exact) mass is 262 g/mol. The SMILES string of the molecule is CC(=O)N1CCOCc2nc(N3CCCC3)ncc21. The van der Waals surface area contributed by atoms with Gasteiger partial charge in [0.05, 0.1) is 30.8 Å². The molecule has 1 fully saturated rings. The third-order valence-electron chi connectivity index (χ3n) is 3.59. The summed E-state index contributed by atoms with van der Waals surface area (Å²) in [5.74, 6) is 0.759. The maximum atomic E-state index is 11.7. The molecule has 6 nitrogen and oxygen atoms in total. The lowest BCUT2D eigenvalue weighted by Gasteiger charge is -2.21. The number of hydrogen-bond donors (Lipinski definition) is 0. The number of ether oxygens (including phenoxy) is 1. The van der Waals surface area contributed by atoms with E-state index < -0.39 is 0 Å². The molecule has 0 saturated carbocycles. The molecule has 1 aromatic rings. The zero-order valence-electron chi connectivity index (χ0n) is 11.1. The van der Waals surface area contributed by atoms with Gasteiger partial charge in [0.25, 0.3) is 0 Å². The Balaban J connectivity index is 1.94. The van der Waals surface area contributed by atoms with Crippen LogP contribution in [0.2, 0.25) is 0 Å². The number of fused-ring (bicyclic) bond motifs is 1. The van der Waals surface area contributed by atoms with Crippen LogP contribution in [0.25, 0.3) is 0 Å². The number of aromatic nitrogens is 2. The summed E-state index contributed by atoms with van der Waals surface area (Å²) in [5, 5.41) is 0. The summed E-state index contributed by atoms with van der Waals surface area (Å²) in [6.07, 6.45) is 4.14. The van der Waals surface area contributed by atoms with Crippen LogP contribution in [0, 0.1) is 0 Å². The molecule has 1 aromatic heterocycles. The molecule has 3 heterocycles. The largest absolute Gasteiger partial charge is 0.373 e. The highest BCUT2D eigenvalue weighted by molar-refractivity contribution is 5.92. The van der Waals surface area contributed by atoms with Crippen LogP contribution in [0.4, 0.5) is 11.6 Å². The first-order valence-electron chi connectivity index (χ1n) is 6.72. The average Bonchev–Trinajstić information content (AvgIpc) is 2.84. The summed E-state index contributed by atoms with van der Waals surface area (Å²) in [7, 11) is 0. The summed E-state index contributed by atoms with van der Waals surface area (Å²) in [4.78, 5) is 24.5. The molecule has 19 heavy (non-hydrogen) atoms. The van der Waals surface area contributed by atoms with Crippen LogP contribution in [-0.2, 0) is 16.1 Å². The summed E-state index contributed by atoms with van der Waals surface area (Å²) in [6.45, 7) is 5.13. The van der Waals surface area contributed by atoms with Crippen LogP contribution in [0.1, 0.15) is 25.5 Å². The molecule has 2 aliphatic heterocycles. The summed E-state index contributed by atoms with van der Waals surface area (Å²) < 4.78 is 5.52. The number of rotatable bonds is 1. The second-order valence-electron chi connectivity index (χ2n) is 4.92. The first-order chi connectivity index (χ1) is 9.25. The fourth-order valence-corrected chi connectivity index (χ4v) is 2.57. The minimum absolute atomic E-state index is 0.00396. The summed E-state index contributed by atoms with van der Waals surface area (Å²) in [6, 6.07) is 0. The molecule has 3 rings (SSSR count). The Morgan fingerprint density at radius 1 is 1.32 bits per heavy atom. The summed E-state index contributed by atoms with van der Waals surface area (Å²) in [5.41, 5.74) is 1.59. The number of amides is 1. The lowest BCUT2D eigenvalue weighted by molar-refractivity contribution is -0.116. The van der Waals surface area contributed by atoms with E-state index in [1.807, 2.05) is 0 Å². The predicted octanol–water partition coefficient (Wildman–Crippen LogP) is 0.960. The Morgan fingerprint density at radius 2 is 2.11 bits per heavy atom. The average molecular weight is 262 g/mol. The van der Waals surface area contributed by atoms with E-state index in [9.17, 15) is 4.79 Å². The van der Waals surface area contributed by atoms with Crippen molar-refractivity contribution in [3.63, 3.8) is 0 Å². The van der Waals surface area contributed by atoms with Crippen LogP contribution in [-0.4, -0.2) is 42.1 Å². The molecule has 0 N–H and O–H groups in total. The van der Waals surface area contributed by atoms with Crippen LogP contribution < -0.4 is 9.80 Å². The lowest BCUT2D eigenvalue weighted by atomic mass is 10.3. The van der Waals surface area contributed by atoms with Crippen LogP contribution in [0.3, 0.4) is 0 Å². The predicted molar refractivity (Wildman–Crippen MR) is 71.2 cm³/mol. The van der Waals surface area contributed by atoms with Gasteiger partial charge >= 0.3 is 0 Å². The fourth-order valence-electron chi connectivity index (χ4n) is 2.57. The third-order valence-corrected chi connectivity index (χ3v) is 3.59. The molecule has 0 radical (unpaired) electrons. The van der Waals surface area contributed by atoms with E-state index in [-0.39, 0.29) is 5.91 Å². The maximum Gasteiger partial charge on any atom is 0.225 e. The highest BCUT2D eigenvalue weighted by Crippen LogP contribution is 2.25. The Morgan fingerprint density at radius 3 is 2.84 bits per heavy atom. The van der Waals surface area contributed by atoms with E-state index in [0.717, 1.165) is 30.4 Å². The molecule has 0 spiro atoms. The van der Waals surface area contributed by atoms with Gasteiger partial charge in [0.1, 0.15) is 0 Å². The van der Waals surface area contributed by atoms with E-state index in [2.05, 4.69) is 14.9 Å². The van der Waals surface area contributed by atoms with Crippen LogP contribution in [0.15, 0.2) is 6.20 Å². The highest BCUT2D eigenvalue weighted by Gasteiger charge is 2.23. The number of hydrogen-bond acceptors (Lipinski definition) is 5. The van der Waals surface area contributed by atoms with Crippen molar-refractivity contribution < 1.29 is 9.53 Å². The molecule has 0 bridgehead atoms. The zero-order chi connectivity index (χ0) is 13.2. The molecule has 1 saturated heterocycles. The van der Waals surface area contributed by atoms with Gasteiger partial charge in [-0.25, -0.2) is 9.97 Å². The Kier molecular flexibility index (Phi) is 3.33.